The minimum Gasteiger partial charge on any atom is -0.379 e. The Kier molecular flexibility index (Phi) is 5.76. The van der Waals surface area contributed by atoms with Crippen molar-refractivity contribution < 1.29 is 4.74 Å². The smallest absolute Gasteiger partial charge is 0.0623 e. The molecule has 1 aromatic rings. The Labute approximate surface area is 111 Å². The zero-order chi connectivity index (χ0) is 13.6. The Hall–Kier alpha value is -0.930. The third-order valence-corrected chi connectivity index (χ3v) is 3.48. The molecule has 0 fully saturated rings. The molecule has 0 aliphatic carbocycles. The van der Waals surface area contributed by atoms with Gasteiger partial charge < -0.3 is 10.1 Å². The van der Waals surface area contributed by atoms with Crippen molar-refractivity contribution in [2.45, 2.75) is 52.2 Å². The molecule has 3 nitrogen and oxygen atoms in total. The predicted octanol–water partition coefficient (Wildman–Crippen LogP) is 3.25. The first-order valence-corrected chi connectivity index (χ1v) is 6.69. The van der Waals surface area contributed by atoms with Crippen LogP contribution in [-0.2, 0) is 4.74 Å². The predicted molar refractivity (Wildman–Crippen MR) is 75.7 cm³/mol. The number of hydrogen-bond donors (Lipinski definition) is 1. The molecule has 0 radical (unpaired) electrons. The van der Waals surface area contributed by atoms with Gasteiger partial charge in [0.05, 0.1) is 5.60 Å². The highest BCUT2D eigenvalue weighted by molar-refractivity contribution is 5.25. The van der Waals surface area contributed by atoms with E-state index in [2.05, 4.69) is 44.1 Å². The van der Waals surface area contributed by atoms with E-state index in [-0.39, 0.29) is 5.60 Å². The maximum absolute atomic E-state index is 5.49. The fraction of sp³-hybridized carbons (Fsp3) is 0.667. The molecule has 0 aromatic carbocycles. The molecule has 0 saturated carbocycles. The largest absolute Gasteiger partial charge is 0.379 e. The summed E-state index contributed by atoms with van der Waals surface area (Å²) in [6.07, 6.45) is 5.90. The molecule has 0 aliphatic heterocycles. The molecule has 0 saturated heterocycles. The van der Waals surface area contributed by atoms with E-state index in [1.54, 1.807) is 7.11 Å². The Morgan fingerprint density at radius 3 is 2.72 bits per heavy atom. The van der Waals surface area contributed by atoms with Crippen molar-refractivity contribution in [3.63, 3.8) is 0 Å². The van der Waals surface area contributed by atoms with E-state index in [4.69, 9.17) is 4.74 Å². The van der Waals surface area contributed by atoms with Crippen LogP contribution in [0.1, 0.15) is 50.8 Å². The van der Waals surface area contributed by atoms with Crippen LogP contribution >= 0.6 is 0 Å². The molecule has 0 spiro atoms. The zero-order valence-corrected chi connectivity index (χ0v) is 12.3. The summed E-state index contributed by atoms with van der Waals surface area (Å²) in [4.78, 5) is 4.16. The van der Waals surface area contributed by atoms with Crippen LogP contribution in [0.4, 0.5) is 0 Å². The first-order valence-electron chi connectivity index (χ1n) is 6.69. The Bertz CT molecular complexity index is 363. The van der Waals surface area contributed by atoms with Gasteiger partial charge in [-0.2, -0.15) is 0 Å². The van der Waals surface area contributed by atoms with E-state index in [9.17, 15) is 0 Å². The molecule has 1 atom stereocenters. The number of nitrogens with zero attached hydrogens (tertiary/aromatic N) is 1. The summed E-state index contributed by atoms with van der Waals surface area (Å²) < 4.78 is 5.49. The van der Waals surface area contributed by atoms with Crippen LogP contribution in [0.25, 0.3) is 0 Å². The number of nitrogens with one attached hydrogen (secondary N) is 1. The Morgan fingerprint density at radius 2 is 2.17 bits per heavy atom. The van der Waals surface area contributed by atoms with E-state index in [0.717, 1.165) is 19.4 Å². The molecule has 1 aromatic heterocycles. The number of ether oxygens (including phenoxy) is 1. The van der Waals surface area contributed by atoms with Crippen LogP contribution in [0.3, 0.4) is 0 Å². The molecule has 1 heterocycles. The highest BCUT2D eigenvalue weighted by atomic mass is 16.5. The summed E-state index contributed by atoms with van der Waals surface area (Å²) >= 11 is 0. The molecule has 0 amide bonds. The lowest BCUT2D eigenvalue weighted by atomic mass is 9.93. The van der Waals surface area contributed by atoms with Gasteiger partial charge in [-0.15, -0.1) is 0 Å². The SMILES string of the molecule is CCNC(CCC(C)(C)OC)c1ccncc1C. The molecule has 3 heteroatoms. The van der Waals surface area contributed by atoms with Gasteiger partial charge in [-0.05, 0) is 57.4 Å². The van der Waals surface area contributed by atoms with E-state index in [0.29, 0.717) is 6.04 Å². The Morgan fingerprint density at radius 1 is 1.44 bits per heavy atom. The second kappa shape index (κ2) is 6.86. The van der Waals surface area contributed by atoms with Gasteiger partial charge in [0, 0.05) is 25.5 Å². The van der Waals surface area contributed by atoms with Crippen LogP contribution in [-0.4, -0.2) is 24.2 Å². The Balaban J connectivity index is 2.75. The van der Waals surface area contributed by atoms with Crippen molar-refractivity contribution >= 4 is 0 Å². The number of pyridine rings is 1. The average Bonchev–Trinajstić information content (AvgIpc) is 2.35. The highest BCUT2D eigenvalue weighted by Gasteiger charge is 2.20. The lowest BCUT2D eigenvalue weighted by molar-refractivity contribution is 0.0117. The van der Waals surface area contributed by atoms with Crippen molar-refractivity contribution in [2.75, 3.05) is 13.7 Å². The minimum absolute atomic E-state index is 0.0609. The van der Waals surface area contributed by atoms with Crippen molar-refractivity contribution in [3.8, 4) is 0 Å². The average molecular weight is 250 g/mol. The minimum atomic E-state index is -0.0609. The van der Waals surface area contributed by atoms with Crippen molar-refractivity contribution in [1.82, 2.24) is 10.3 Å². The molecule has 18 heavy (non-hydrogen) atoms. The van der Waals surface area contributed by atoms with Gasteiger partial charge in [0.2, 0.25) is 0 Å². The molecule has 102 valence electrons. The maximum atomic E-state index is 5.49. The summed E-state index contributed by atoms with van der Waals surface area (Å²) in [6, 6.07) is 2.50. The monoisotopic (exact) mass is 250 g/mol. The number of rotatable bonds is 7. The molecule has 1 unspecified atom stereocenters. The van der Waals surface area contributed by atoms with Gasteiger partial charge in [0.25, 0.3) is 0 Å². The van der Waals surface area contributed by atoms with Crippen molar-refractivity contribution in [2.24, 2.45) is 0 Å². The first kappa shape index (κ1) is 15.1. The fourth-order valence-electron chi connectivity index (χ4n) is 2.08. The van der Waals surface area contributed by atoms with E-state index in [1.807, 2.05) is 12.4 Å². The third kappa shape index (κ3) is 4.39. The summed E-state index contributed by atoms with van der Waals surface area (Å²) in [5.74, 6) is 0. The van der Waals surface area contributed by atoms with Crippen molar-refractivity contribution in [3.05, 3.63) is 29.6 Å². The highest BCUT2D eigenvalue weighted by Crippen LogP contribution is 2.25. The zero-order valence-electron chi connectivity index (χ0n) is 12.3. The number of hydrogen-bond acceptors (Lipinski definition) is 3. The van der Waals surface area contributed by atoms with Gasteiger partial charge in [-0.25, -0.2) is 0 Å². The van der Waals surface area contributed by atoms with Gasteiger partial charge in [0.1, 0.15) is 0 Å². The molecule has 0 aliphatic rings. The lowest BCUT2D eigenvalue weighted by Crippen LogP contribution is -2.27. The van der Waals surface area contributed by atoms with Crippen LogP contribution < -0.4 is 5.32 Å². The third-order valence-electron chi connectivity index (χ3n) is 3.48. The number of aromatic nitrogens is 1. The normalized spacial score (nSPS) is 13.6. The fourth-order valence-corrected chi connectivity index (χ4v) is 2.08. The van der Waals surface area contributed by atoms with E-state index in [1.165, 1.54) is 11.1 Å². The second-order valence-corrected chi connectivity index (χ2v) is 5.35. The number of methoxy groups -OCH3 is 1. The second-order valence-electron chi connectivity index (χ2n) is 5.35. The number of aryl methyl sites for hydroxylation is 1. The van der Waals surface area contributed by atoms with Crippen LogP contribution in [0.15, 0.2) is 18.5 Å². The van der Waals surface area contributed by atoms with Crippen LogP contribution in [0, 0.1) is 6.92 Å². The topological polar surface area (TPSA) is 34.1 Å². The standard InChI is InChI=1S/C15H26N2O/c1-6-17-14(7-9-15(3,4)18-5)13-8-10-16-11-12(13)2/h8,10-11,14,17H,6-7,9H2,1-5H3. The van der Waals surface area contributed by atoms with E-state index < -0.39 is 0 Å². The molecule has 0 bridgehead atoms. The van der Waals surface area contributed by atoms with Gasteiger partial charge in [-0.1, -0.05) is 6.92 Å². The summed E-state index contributed by atoms with van der Waals surface area (Å²) in [5.41, 5.74) is 2.53. The summed E-state index contributed by atoms with van der Waals surface area (Å²) in [7, 11) is 1.78. The lowest BCUT2D eigenvalue weighted by Gasteiger charge is -2.27. The van der Waals surface area contributed by atoms with Gasteiger partial charge >= 0.3 is 0 Å². The van der Waals surface area contributed by atoms with Gasteiger partial charge in [0.15, 0.2) is 0 Å². The first-order chi connectivity index (χ1) is 8.50. The summed E-state index contributed by atoms with van der Waals surface area (Å²) in [5, 5.41) is 3.55. The van der Waals surface area contributed by atoms with Crippen LogP contribution in [0.2, 0.25) is 0 Å². The van der Waals surface area contributed by atoms with E-state index >= 15 is 0 Å². The molecule has 1 N–H and O–H groups in total. The van der Waals surface area contributed by atoms with Crippen LogP contribution in [0.5, 0.6) is 0 Å². The molecular formula is C15H26N2O. The maximum Gasteiger partial charge on any atom is 0.0623 e. The molecule has 1 rings (SSSR count). The van der Waals surface area contributed by atoms with Crippen molar-refractivity contribution in [1.29, 1.82) is 0 Å². The van der Waals surface area contributed by atoms with Gasteiger partial charge in [-0.3, -0.25) is 4.98 Å². The quantitative estimate of drug-likeness (QED) is 0.806. The summed E-state index contributed by atoms with van der Waals surface area (Å²) in [6.45, 7) is 9.50. The molecular weight excluding hydrogens is 224 g/mol.